The molecular weight excluding hydrogens is 394 g/mol. The molecule has 2 aromatic rings. The fraction of sp³-hybridized carbons (Fsp3) is 0.480. The van der Waals surface area contributed by atoms with Crippen LogP contribution >= 0.6 is 0 Å². The molecule has 1 fully saturated rings. The number of aliphatic carboxylic acids is 1. The SMILES string of the molecule is CCCCOc1ccc(COc2ccc(C3CN(CCC(=O)O)CCO3)c(C)c2)cc1. The number of rotatable bonds is 11. The zero-order valence-corrected chi connectivity index (χ0v) is 18.5. The Morgan fingerprint density at radius 1 is 1.16 bits per heavy atom. The summed E-state index contributed by atoms with van der Waals surface area (Å²) >= 11 is 0. The minimum absolute atomic E-state index is 0.0446. The van der Waals surface area contributed by atoms with E-state index in [2.05, 4.69) is 24.8 Å². The predicted octanol–water partition coefficient (Wildman–Crippen LogP) is 4.60. The van der Waals surface area contributed by atoms with Gasteiger partial charge in [0.25, 0.3) is 0 Å². The number of hydrogen-bond acceptors (Lipinski definition) is 5. The van der Waals surface area contributed by atoms with Crippen molar-refractivity contribution in [2.45, 2.75) is 45.8 Å². The second kappa shape index (κ2) is 11.7. The molecule has 1 unspecified atom stereocenters. The Hall–Kier alpha value is -2.57. The van der Waals surface area contributed by atoms with Crippen LogP contribution in [-0.4, -0.2) is 48.8 Å². The Morgan fingerprint density at radius 2 is 1.94 bits per heavy atom. The standard InChI is InChI=1S/C25H33NO5/c1-3-4-14-29-21-7-5-20(6-8-21)18-31-22-9-10-23(19(2)16-22)24-17-26(13-15-30-24)12-11-25(27)28/h5-10,16,24H,3-4,11-15,17-18H2,1-2H3,(H,27,28). The van der Waals surface area contributed by atoms with Gasteiger partial charge in [0.15, 0.2) is 0 Å². The average molecular weight is 428 g/mol. The molecule has 1 heterocycles. The quantitative estimate of drug-likeness (QED) is 0.529. The van der Waals surface area contributed by atoms with Crippen molar-refractivity contribution in [1.29, 1.82) is 0 Å². The van der Waals surface area contributed by atoms with Gasteiger partial charge in [-0.15, -0.1) is 0 Å². The van der Waals surface area contributed by atoms with Crippen molar-refractivity contribution >= 4 is 5.97 Å². The highest BCUT2D eigenvalue weighted by Crippen LogP contribution is 2.28. The lowest BCUT2D eigenvalue weighted by molar-refractivity contribution is -0.137. The highest BCUT2D eigenvalue weighted by atomic mass is 16.5. The third-order valence-corrected chi connectivity index (χ3v) is 5.48. The van der Waals surface area contributed by atoms with Crippen LogP contribution in [0.15, 0.2) is 42.5 Å². The number of carbonyl (C=O) groups is 1. The third-order valence-electron chi connectivity index (χ3n) is 5.48. The summed E-state index contributed by atoms with van der Waals surface area (Å²) in [6, 6.07) is 14.1. The molecule has 0 spiro atoms. The van der Waals surface area contributed by atoms with Gasteiger partial charge in [0, 0.05) is 19.6 Å². The van der Waals surface area contributed by atoms with Crippen molar-refractivity contribution in [2.75, 3.05) is 32.8 Å². The van der Waals surface area contributed by atoms with Crippen molar-refractivity contribution in [3.63, 3.8) is 0 Å². The van der Waals surface area contributed by atoms with Crippen molar-refractivity contribution in [1.82, 2.24) is 4.90 Å². The van der Waals surface area contributed by atoms with Gasteiger partial charge in [0.05, 0.1) is 25.7 Å². The largest absolute Gasteiger partial charge is 0.494 e. The molecule has 1 atom stereocenters. The Labute approximate surface area is 184 Å². The molecule has 0 aromatic heterocycles. The van der Waals surface area contributed by atoms with Gasteiger partial charge in [-0.2, -0.15) is 0 Å². The molecule has 0 amide bonds. The van der Waals surface area contributed by atoms with Gasteiger partial charge < -0.3 is 19.3 Å². The number of aryl methyl sites for hydroxylation is 1. The number of hydrogen-bond donors (Lipinski definition) is 1. The molecule has 6 heteroatoms. The fourth-order valence-corrected chi connectivity index (χ4v) is 3.63. The maximum absolute atomic E-state index is 10.8. The number of nitrogens with zero attached hydrogens (tertiary/aromatic N) is 1. The molecule has 168 valence electrons. The third kappa shape index (κ3) is 7.26. The van der Waals surface area contributed by atoms with Gasteiger partial charge in [-0.3, -0.25) is 9.69 Å². The van der Waals surface area contributed by atoms with E-state index in [9.17, 15) is 4.79 Å². The molecule has 3 rings (SSSR count). The van der Waals surface area contributed by atoms with Gasteiger partial charge in [-0.1, -0.05) is 31.5 Å². The normalized spacial score (nSPS) is 16.8. The smallest absolute Gasteiger partial charge is 0.304 e. The van der Waals surface area contributed by atoms with Gasteiger partial charge >= 0.3 is 5.97 Å². The first-order chi connectivity index (χ1) is 15.0. The first kappa shape index (κ1) is 23.1. The van der Waals surface area contributed by atoms with Crippen molar-refractivity contribution in [3.05, 3.63) is 59.2 Å². The molecule has 1 N–H and O–H groups in total. The topological polar surface area (TPSA) is 68.2 Å². The summed E-state index contributed by atoms with van der Waals surface area (Å²) < 4.78 is 17.6. The molecule has 0 aliphatic carbocycles. The van der Waals surface area contributed by atoms with E-state index >= 15 is 0 Å². The Balaban J connectivity index is 1.52. The number of benzene rings is 2. The average Bonchev–Trinajstić information content (AvgIpc) is 2.77. The highest BCUT2D eigenvalue weighted by molar-refractivity contribution is 5.66. The summed E-state index contributed by atoms with van der Waals surface area (Å²) in [4.78, 5) is 13.0. The van der Waals surface area contributed by atoms with E-state index < -0.39 is 5.97 Å². The Kier molecular flexibility index (Phi) is 8.74. The maximum atomic E-state index is 10.8. The molecular formula is C25H33NO5. The van der Waals surface area contributed by atoms with E-state index in [0.717, 1.165) is 54.2 Å². The zero-order chi connectivity index (χ0) is 22.1. The van der Waals surface area contributed by atoms with Crippen LogP contribution in [0.25, 0.3) is 0 Å². The minimum atomic E-state index is -0.764. The first-order valence-corrected chi connectivity index (χ1v) is 11.1. The van der Waals surface area contributed by atoms with Crippen LogP contribution in [0.2, 0.25) is 0 Å². The predicted molar refractivity (Wildman–Crippen MR) is 120 cm³/mol. The van der Waals surface area contributed by atoms with Gasteiger partial charge in [-0.25, -0.2) is 0 Å². The van der Waals surface area contributed by atoms with Crippen molar-refractivity contribution in [3.8, 4) is 11.5 Å². The molecule has 0 radical (unpaired) electrons. The molecule has 1 aliphatic heterocycles. The molecule has 0 bridgehead atoms. The van der Waals surface area contributed by atoms with Crippen LogP contribution in [0.3, 0.4) is 0 Å². The summed E-state index contributed by atoms with van der Waals surface area (Å²) in [5, 5.41) is 8.91. The van der Waals surface area contributed by atoms with E-state index in [-0.39, 0.29) is 12.5 Å². The number of ether oxygens (including phenoxy) is 3. The molecule has 1 aliphatic rings. The van der Waals surface area contributed by atoms with Gasteiger partial charge in [0.2, 0.25) is 0 Å². The number of carboxylic acid groups (broad SMARTS) is 1. The number of carboxylic acids is 1. The van der Waals surface area contributed by atoms with Crippen LogP contribution in [0.4, 0.5) is 0 Å². The molecule has 31 heavy (non-hydrogen) atoms. The van der Waals surface area contributed by atoms with Crippen LogP contribution < -0.4 is 9.47 Å². The van der Waals surface area contributed by atoms with E-state index in [0.29, 0.717) is 26.3 Å². The minimum Gasteiger partial charge on any atom is -0.494 e. The Bertz CT molecular complexity index is 836. The number of morpholine rings is 1. The summed E-state index contributed by atoms with van der Waals surface area (Å²) in [6.45, 7) is 8.10. The maximum Gasteiger partial charge on any atom is 0.304 e. The van der Waals surface area contributed by atoms with Crippen LogP contribution in [0.1, 0.15) is 49.0 Å². The molecule has 2 aromatic carbocycles. The summed E-state index contributed by atoms with van der Waals surface area (Å²) in [7, 11) is 0. The van der Waals surface area contributed by atoms with Gasteiger partial charge in [-0.05, 0) is 54.3 Å². The van der Waals surface area contributed by atoms with Crippen LogP contribution in [-0.2, 0) is 16.1 Å². The van der Waals surface area contributed by atoms with E-state index in [4.69, 9.17) is 19.3 Å². The fourth-order valence-electron chi connectivity index (χ4n) is 3.63. The van der Waals surface area contributed by atoms with Crippen molar-refractivity contribution < 1.29 is 24.1 Å². The van der Waals surface area contributed by atoms with E-state index in [1.165, 1.54) is 0 Å². The molecule has 1 saturated heterocycles. The van der Waals surface area contributed by atoms with Crippen LogP contribution in [0, 0.1) is 6.92 Å². The lowest BCUT2D eigenvalue weighted by Crippen LogP contribution is -2.39. The lowest BCUT2D eigenvalue weighted by atomic mass is 10.0. The van der Waals surface area contributed by atoms with Gasteiger partial charge in [0.1, 0.15) is 18.1 Å². The van der Waals surface area contributed by atoms with E-state index in [1.807, 2.05) is 36.4 Å². The number of unbranched alkanes of at least 4 members (excludes halogenated alkanes) is 1. The zero-order valence-electron chi connectivity index (χ0n) is 18.5. The second-order valence-electron chi connectivity index (χ2n) is 7.96. The summed E-state index contributed by atoms with van der Waals surface area (Å²) in [6.07, 6.45) is 2.30. The Morgan fingerprint density at radius 3 is 2.65 bits per heavy atom. The first-order valence-electron chi connectivity index (χ1n) is 11.1. The molecule has 0 saturated carbocycles. The summed E-state index contributed by atoms with van der Waals surface area (Å²) in [5.74, 6) is 0.949. The monoisotopic (exact) mass is 427 g/mol. The highest BCUT2D eigenvalue weighted by Gasteiger charge is 2.23. The lowest BCUT2D eigenvalue weighted by Gasteiger charge is -2.33. The second-order valence-corrected chi connectivity index (χ2v) is 7.96. The van der Waals surface area contributed by atoms with Crippen LogP contribution in [0.5, 0.6) is 11.5 Å². The van der Waals surface area contributed by atoms with E-state index in [1.54, 1.807) is 0 Å². The molecule has 6 nitrogen and oxygen atoms in total. The summed E-state index contributed by atoms with van der Waals surface area (Å²) in [5.41, 5.74) is 3.33. The van der Waals surface area contributed by atoms with Crippen molar-refractivity contribution in [2.24, 2.45) is 0 Å².